The second kappa shape index (κ2) is 7.99. The Kier molecular flexibility index (Phi) is 5.41. The number of methoxy groups -OCH3 is 1. The highest BCUT2D eigenvalue weighted by molar-refractivity contribution is 9.10. The van der Waals surface area contributed by atoms with Gasteiger partial charge in [0.1, 0.15) is 0 Å². The number of halogens is 1. The lowest BCUT2D eigenvalue weighted by atomic mass is 9.72. The van der Waals surface area contributed by atoms with E-state index >= 15 is 0 Å². The number of carbonyl (C=O) groups is 2. The maximum absolute atomic E-state index is 13.4. The lowest BCUT2D eigenvalue weighted by molar-refractivity contribution is -0.136. The van der Waals surface area contributed by atoms with E-state index in [-0.39, 0.29) is 11.7 Å². The molecule has 0 radical (unpaired) electrons. The van der Waals surface area contributed by atoms with Gasteiger partial charge in [0.25, 0.3) is 0 Å². The second-order valence-corrected chi connectivity index (χ2v) is 8.30. The van der Waals surface area contributed by atoms with Crippen molar-refractivity contribution in [3.05, 3.63) is 92.7 Å². The minimum Gasteiger partial charge on any atom is -0.466 e. The molecule has 1 heterocycles. The monoisotopic (exact) mass is 451 g/mol. The average Bonchev–Trinajstić information content (AvgIpc) is 2.73. The number of hydrogen-bond donors (Lipinski definition) is 1. The Balaban J connectivity index is 1.84. The maximum Gasteiger partial charge on any atom is 0.336 e. The topological polar surface area (TPSA) is 55.4 Å². The number of hydrogen-bond acceptors (Lipinski definition) is 4. The molecule has 0 saturated heterocycles. The Bertz CT molecular complexity index is 1040. The van der Waals surface area contributed by atoms with Crippen molar-refractivity contribution in [2.75, 3.05) is 7.11 Å². The van der Waals surface area contributed by atoms with Crippen LogP contribution in [0.3, 0.4) is 0 Å². The third-order valence-corrected chi connectivity index (χ3v) is 6.44. The maximum atomic E-state index is 13.4. The lowest BCUT2D eigenvalue weighted by Crippen LogP contribution is -2.36. The summed E-state index contributed by atoms with van der Waals surface area (Å²) in [5.41, 5.74) is 4.86. The molecule has 2 aromatic carbocycles. The number of dihydropyridines is 1. The summed E-state index contributed by atoms with van der Waals surface area (Å²) in [5, 5.41) is 3.36. The zero-order chi connectivity index (χ0) is 20.5. The Morgan fingerprint density at radius 3 is 2.45 bits per heavy atom. The van der Waals surface area contributed by atoms with Crippen LogP contribution in [0.4, 0.5) is 0 Å². The zero-order valence-corrected chi connectivity index (χ0v) is 18.0. The average molecular weight is 452 g/mol. The first-order valence-corrected chi connectivity index (χ1v) is 10.4. The molecular weight excluding hydrogens is 430 g/mol. The van der Waals surface area contributed by atoms with E-state index in [0.29, 0.717) is 17.6 Å². The van der Waals surface area contributed by atoms with Gasteiger partial charge in [0.05, 0.1) is 12.7 Å². The van der Waals surface area contributed by atoms with Crippen LogP contribution in [0.1, 0.15) is 42.7 Å². The summed E-state index contributed by atoms with van der Waals surface area (Å²) in [6.45, 7) is 1.87. The zero-order valence-electron chi connectivity index (χ0n) is 16.4. The molecule has 148 valence electrons. The van der Waals surface area contributed by atoms with E-state index in [4.69, 9.17) is 4.74 Å². The molecule has 0 aromatic heterocycles. The van der Waals surface area contributed by atoms with Crippen LogP contribution in [0.25, 0.3) is 0 Å². The van der Waals surface area contributed by atoms with Gasteiger partial charge in [-0.25, -0.2) is 4.79 Å². The van der Waals surface area contributed by atoms with Gasteiger partial charge >= 0.3 is 5.97 Å². The minimum absolute atomic E-state index is 0.0715. The van der Waals surface area contributed by atoms with Crippen LogP contribution < -0.4 is 5.32 Å². The molecule has 0 fully saturated rings. The molecule has 1 N–H and O–H groups in total. The Hall–Kier alpha value is -2.66. The molecule has 4 nitrogen and oxygen atoms in total. The van der Waals surface area contributed by atoms with Crippen molar-refractivity contribution in [2.45, 2.75) is 31.6 Å². The van der Waals surface area contributed by atoms with E-state index in [1.165, 1.54) is 7.11 Å². The van der Waals surface area contributed by atoms with Crippen molar-refractivity contribution in [3.8, 4) is 0 Å². The summed E-state index contributed by atoms with van der Waals surface area (Å²) in [6.07, 6.45) is 1.16. The van der Waals surface area contributed by atoms with Gasteiger partial charge in [0, 0.05) is 33.8 Å². The van der Waals surface area contributed by atoms with E-state index in [1.807, 2.05) is 49.4 Å². The highest BCUT2D eigenvalue weighted by Gasteiger charge is 2.41. The predicted octanol–water partition coefficient (Wildman–Crippen LogP) is 4.98. The van der Waals surface area contributed by atoms with Crippen molar-refractivity contribution in [1.82, 2.24) is 5.32 Å². The fourth-order valence-corrected chi connectivity index (χ4v) is 4.91. The van der Waals surface area contributed by atoms with Gasteiger partial charge in [-0.05, 0) is 36.5 Å². The van der Waals surface area contributed by atoms with Crippen LogP contribution >= 0.6 is 15.9 Å². The van der Waals surface area contributed by atoms with Crippen molar-refractivity contribution in [1.29, 1.82) is 0 Å². The molecule has 29 heavy (non-hydrogen) atoms. The molecule has 2 atom stereocenters. The third kappa shape index (κ3) is 3.55. The van der Waals surface area contributed by atoms with Crippen LogP contribution in [0, 0.1) is 0 Å². The summed E-state index contributed by atoms with van der Waals surface area (Å²) < 4.78 is 5.94. The molecule has 0 unspecified atom stereocenters. The van der Waals surface area contributed by atoms with Crippen molar-refractivity contribution in [3.63, 3.8) is 0 Å². The van der Waals surface area contributed by atoms with Gasteiger partial charge in [0.15, 0.2) is 5.78 Å². The summed E-state index contributed by atoms with van der Waals surface area (Å²) in [4.78, 5) is 26.1. The molecule has 2 aromatic rings. The number of carbonyl (C=O) groups excluding carboxylic acids is 2. The number of Topliss-reactive ketones (excluding diaryl/α,β-unsaturated/α-hetero) is 1. The van der Waals surface area contributed by atoms with Gasteiger partial charge in [-0.2, -0.15) is 0 Å². The van der Waals surface area contributed by atoms with Gasteiger partial charge in [-0.15, -0.1) is 0 Å². The highest BCUT2D eigenvalue weighted by Crippen LogP contribution is 2.47. The number of ketones is 1. The van der Waals surface area contributed by atoms with Gasteiger partial charge in [-0.1, -0.05) is 64.5 Å². The quantitative estimate of drug-likeness (QED) is 0.668. The molecule has 4 rings (SSSR count). The smallest absolute Gasteiger partial charge is 0.336 e. The third-order valence-electron chi connectivity index (χ3n) is 5.72. The number of rotatable bonds is 3. The number of esters is 1. The van der Waals surface area contributed by atoms with E-state index in [9.17, 15) is 9.59 Å². The number of nitrogens with one attached hydrogen (secondary N) is 1. The molecule has 1 aliphatic carbocycles. The van der Waals surface area contributed by atoms with Gasteiger partial charge in [-0.3, -0.25) is 4.79 Å². The highest BCUT2D eigenvalue weighted by atomic mass is 79.9. The summed E-state index contributed by atoms with van der Waals surface area (Å²) in [6, 6.07) is 17.9. The fraction of sp³-hybridized carbons (Fsp3) is 0.250. The van der Waals surface area contributed by atoms with Gasteiger partial charge in [0.2, 0.25) is 0 Å². The molecule has 0 bridgehead atoms. The number of ether oxygens (including phenoxy) is 1. The fourth-order valence-electron chi connectivity index (χ4n) is 4.40. The molecule has 1 aliphatic heterocycles. The Morgan fingerprint density at radius 1 is 1.07 bits per heavy atom. The minimum atomic E-state index is -0.446. The Morgan fingerprint density at radius 2 is 1.76 bits per heavy atom. The SMILES string of the molecule is COC(=O)C1=C(C)NC2=C(C(=O)C[C@H](c3ccccc3)C2)[C@@H]1c1ccccc1Br. The predicted molar refractivity (Wildman–Crippen MR) is 115 cm³/mol. The van der Waals surface area contributed by atoms with Crippen LogP contribution in [-0.4, -0.2) is 18.9 Å². The van der Waals surface area contributed by atoms with E-state index in [1.54, 1.807) is 0 Å². The van der Waals surface area contributed by atoms with Crippen molar-refractivity contribution < 1.29 is 14.3 Å². The van der Waals surface area contributed by atoms with Gasteiger partial charge < -0.3 is 10.1 Å². The van der Waals surface area contributed by atoms with Crippen LogP contribution in [0.2, 0.25) is 0 Å². The van der Waals surface area contributed by atoms with Crippen LogP contribution in [-0.2, 0) is 14.3 Å². The van der Waals surface area contributed by atoms with Crippen molar-refractivity contribution in [2.24, 2.45) is 0 Å². The van der Waals surface area contributed by atoms with E-state index in [2.05, 4.69) is 33.4 Å². The summed E-state index contributed by atoms with van der Waals surface area (Å²) in [7, 11) is 1.37. The standard InChI is InChI=1S/C24H22BrNO3/c1-14-21(24(28)29-2)22(17-10-6-7-11-18(17)25)23-19(26-14)12-16(13-20(23)27)15-8-4-3-5-9-15/h3-11,16,22,26H,12-13H2,1-2H3/t16-,22-/m1/s1. The normalized spacial score (nSPS) is 21.6. The molecular formula is C24H22BrNO3. The lowest BCUT2D eigenvalue weighted by Gasteiger charge is -2.37. The largest absolute Gasteiger partial charge is 0.466 e. The molecule has 2 aliphatic rings. The second-order valence-electron chi connectivity index (χ2n) is 7.44. The van der Waals surface area contributed by atoms with E-state index < -0.39 is 11.9 Å². The first-order valence-electron chi connectivity index (χ1n) is 9.63. The molecule has 0 amide bonds. The Labute approximate surface area is 178 Å². The number of benzene rings is 2. The first kappa shape index (κ1) is 19.6. The number of allylic oxidation sites excluding steroid dienone is 3. The van der Waals surface area contributed by atoms with Crippen molar-refractivity contribution >= 4 is 27.7 Å². The molecule has 0 spiro atoms. The summed E-state index contributed by atoms with van der Waals surface area (Å²) >= 11 is 3.61. The summed E-state index contributed by atoms with van der Waals surface area (Å²) in [5.74, 6) is -0.664. The van der Waals surface area contributed by atoms with Crippen LogP contribution in [0.5, 0.6) is 0 Å². The molecule has 5 heteroatoms. The van der Waals surface area contributed by atoms with Crippen LogP contribution in [0.15, 0.2) is 81.6 Å². The molecule has 0 saturated carbocycles. The van der Waals surface area contributed by atoms with E-state index in [0.717, 1.165) is 33.4 Å². The first-order chi connectivity index (χ1) is 14.0.